The lowest BCUT2D eigenvalue weighted by atomic mass is 10.1. The first-order chi connectivity index (χ1) is 8.99. The fourth-order valence-corrected chi connectivity index (χ4v) is 2.73. The summed E-state index contributed by atoms with van der Waals surface area (Å²) < 4.78 is 0. The van der Waals surface area contributed by atoms with Crippen molar-refractivity contribution in [2.45, 2.75) is 32.1 Å². The van der Waals surface area contributed by atoms with Gasteiger partial charge in [-0.1, -0.05) is 60.0 Å². The summed E-state index contributed by atoms with van der Waals surface area (Å²) in [6.45, 7) is 4.17. The highest BCUT2D eigenvalue weighted by atomic mass is 35.5. The van der Waals surface area contributed by atoms with Crippen LogP contribution in [0.3, 0.4) is 0 Å². The van der Waals surface area contributed by atoms with Gasteiger partial charge in [-0.3, -0.25) is 0 Å². The normalized spacial score (nSPS) is 16.4. The quantitative estimate of drug-likeness (QED) is 0.742. The maximum absolute atomic E-state index is 6.32. The van der Waals surface area contributed by atoms with E-state index in [0.29, 0.717) is 10.3 Å². The molecule has 2 nitrogen and oxygen atoms in total. The van der Waals surface area contributed by atoms with E-state index in [1.54, 1.807) is 0 Å². The van der Waals surface area contributed by atoms with Crippen molar-refractivity contribution in [3.05, 3.63) is 46.0 Å². The van der Waals surface area contributed by atoms with Crippen LogP contribution in [-0.2, 0) is 5.41 Å². The van der Waals surface area contributed by atoms with Crippen molar-refractivity contribution in [1.29, 1.82) is 0 Å². The van der Waals surface area contributed by atoms with Crippen molar-refractivity contribution in [1.82, 2.24) is 9.97 Å². The molecular weight excluding hydrogens is 279 g/mol. The number of aryl methyl sites for hydroxylation is 1. The van der Waals surface area contributed by atoms with Gasteiger partial charge in [0.15, 0.2) is 0 Å². The van der Waals surface area contributed by atoms with Crippen LogP contribution >= 0.6 is 23.2 Å². The molecule has 0 atom stereocenters. The first kappa shape index (κ1) is 12.9. The Morgan fingerprint density at radius 2 is 1.74 bits per heavy atom. The van der Waals surface area contributed by atoms with Crippen LogP contribution in [0.2, 0.25) is 10.3 Å². The largest absolute Gasteiger partial charge is 0.220 e. The number of hydrogen-bond acceptors (Lipinski definition) is 2. The average Bonchev–Trinajstić information content (AvgIpc) is 3.08. The van der Waals surface area contributed by atoms with Crippen LogP contribution < -0.4 is 0 Å². The van der Waals surface area contributed by atoms with E-state index in [9.17, 15) is 0 Å². The predicted molar refractivity (Wildman–Crippen MR) is 78.8 cm³/mol. The van der Waals surface area contributed by atoms with Crippen molar-refractivity contribution in [2.24, 2.45) is 0 Å². The molecule has 19 heavy (non-hydrogen) atoms. The molecule has 0 aliphatic heterocycles. The summed E-state index contributed by atoms with van der Waals surface area (Å²) in [4.78, 5) is 8.89. The lowest BCUT2D eigenvalue weighted by Crippen LogP contribution is -2.08. The van der Waals surface area contributed by atoms with E-state index in [-0.39, 0.29) is 5.41 Å². The Morgan fingerprint density at radius 1 is 1.11 bits per heavy atom. The van der Waals surface area contributed by atoms with Gasteiger partial charge in [-0.2, -0.15) is 0 Å². The lowest BCUT2D eigenvalue weighted by molar-refractivity contribution is 0.709. The molecule has 4 heteroatoms. The van der Waals surface area contributed by atoms with Gasteiger partial charge in [0.05, 0.1) is 5.56 Å². The van der Waals surface area contributed by atoms with Crippen LogP contribution in [-0.4, -0.2) is 9.97 Å². The number of aromatic nitrogens is 2. The Balaban J connectivity index is 2.12. The summed E-state index contributed by atoms with van der Waals surface area (Å²) in [5.41, 5.74) is 2.91. The molecule has 98 valence electrons. The van der Waals surface area contributed by atoms with Gasteiger partial charge in [0, 0.05) is 5.41 Å². The molecule has 1 aliphatic carbocycles. The molecule has 0 bridgehead atoms. The van der Waals surface area contributed by atoms with Crippen molar-refractivity contribution in [3.63, 3.8) is 0 Å². The second kappa shape index (κ2) is 4.46. The van der Waals surface area contributed by atoms with Crippen LogP contribution in [0.1, 0.15) is 31.2 Å². The number of hydrogen-bond donors (Lipinski definition) is 0. The fourth-order valence-electron chi connectivity index (χ4n) is 2.13. The number of benzene rings is 1. The monoisotopic (exact) mass is 292 g/mol. The van der Waals surface area contributed by atoms with Gasteiger partial charge in [0.25, 0.3) is 0 Å². The molecule has 0 saturated heterocycles. The van der Waals surface area contributed by atoms with E-state index in [1.807, 2.05) is 31.2 Å². The van der Waals surface area contributed by atoms with Crippen LogP contribution in [0.5, 0.6) is 0 Å². The summed E-state index contributed by atoms with van der Waals surface area (Å²) in [6, 6.07) is 8.02. The van der Waals surface area contributed by atoms with Gasteiger partial charge in [-0.15, -0.1) is 0 Å². The molecule has 1 fully saturated rings. The van der Waals surface area contributed by atoms with E-state index >= 15 is 0 Å². The van der Waals surface area contributed by atoms with Gasteiger partial charge >= 0.3 is 0 Å². The van der Waals surface area contributed by atoms with Gasteiger partial charge in [0.2, 0.25) is 0 Å². The first-order valence-electron chi connectivity index (χ1n) is 6.30. The first-order valence-corrected chi connectivity index (χ1v) is 7.06. The van der Waals surface area contributed by atoms with Crippen LogP contribution in [0.15, 0.2) is 24.3 Å². The fraction of sp³-hybridized carbons (Fsp3) is 0.333. The van der Waals surface area contributed by atoms with Gasteiger partial charge in [0.1, 0.15) is 16.1 Å². The van der Waals surface area contributed by atoms with E-state index in [0.717, 1.165) is 35.4 Å². The highest BCUT2D eigenvalue weighted by molar-refractivity contribution is 6.37. The van der Waals surface area contributed by atoms with Crippen LogP contribution in [0.25, 0.3) is 11.1 Å². The zero-order valence-corrected chi connectivity index (χ0v) is 12.4. The smallest absolute Gasteiger partial charge is 0.142 e. The minimum Gasteiger partial charge on any atom is -0.220 e. The summed E-state index contributed by atoms with van der Waals surface area (Å²) in [7, 11) is 0. The molecule has 0 radical (unpaired) electrons. The number of halogens is 2. The van der Waals surface area contributed by atoms with Crippen LogP contribution in [0, 0.1) is 6.92 Å². The van der Waals surface area contributed by atoms with Gasteiger partial charge in [-0.05, 0) is 25.3 Å². The maximum Gasteiger partial charge on any atom is 0.142 e. The SMILES string of the molecule is Cc1cccc(-c2c(Cl)nc(C3(C)CC3)nc2Cl)c1. The molecule has 0 unspecified atom stereocenters. The summed E-state index contributed by atoms with van der Waals surface area (Å²) in [5.74, 6) is 0.763. The lowest BCUT2D eigenvalue weighted by Gasteiger charge is -2.12. The Morgan fingerprint density at radius 3 is 2.26 bits per heavy atom. The third-order valence-electron chi connectivity index (χ3n) is 3.67. The van der Waals surface area contributed by atoms with Crippen molar-refractivity contribution < 1.29 is 0 Å². The van der Waals surface area contributed by atoms with Crippen molar-refractivity contribution in [2.75, 3.05) is 0 Å². The molecule has 1 aliphatic rings. The van der Waals surface area contributed by atoms with Gasteiger partial charge in [-0.25, -0.2) is 9.97 Å². The highest BCUT2D eigenvalue weighted by Gasteiger charge is 2.42. The second-order valence-corrected chi connectivity index (χ2v) is 6.15. The third-order valence-corrected chi connectivity index (χ3v) is 4.21. The van der Waals surface area contributed by atoms with E-state index < -0.39 is 0 Å². The molecule has 1 heterocycles. The minimum absolute atomic E-state index is 0.0679. The standard InChI is InChI=1S/C15H14Cl2N2/c1-9-4-3-5-10(8-9)11-12(16)18-14(19-13(11)17)15(2)6-7-15/h3-5,8H,6-7H2,1-2H3. The van der Waals surface area contributed by atoms with Gasteiger partial charge < -0.3 is 0 Å². The highest BCUT2D eigenvalue weighted by Crippen LogP contribution is 2.47. The Bertz CT molecular complexity index is 625. The predicted octanol–water partition coefficient (Wildman–Crippen LogP) is 4.81. The zero-order valence-electron chi connectivity index (χ0n) is 10.9. The topological polar surface area (TPSA) is 25.8 Å². The van der Waals surface area contributed by atoms with E-state index in [2.05, 4.69) is 16.9 Å². The van der Waals surface area contributed by atoms with Crippen LogP contribution in [0.4, 0.5) is 0 Å². The second-order valence-electron chi connectivity index (χ2n) is 5.43. The van der Waals surface area contributed by atoms with E-state index in [1.165, 1.54) is 0 Å². The molecule has 0 spiro atoms. The third kappa shape index (κ3) is 2.35. The Hall–Kier alpha value is -1.12. The molecular formula is C15H14Cl2N2. The molecule has 0 amide bonds. The van der Waals surface area contributed by atoms with Crippen molar-refractivity contribution in [3.8, 4) is 11.1 Å². The Kier molecular flexibility index (Phi) is 3.03. The average molecular weight is 293 g/mol. The van der Waals surface area contributed by atoms with Crippen molar-refractivity contribution >= 4 is 23.2 Å². The molecule has 3 rings (SSSR count). The van der Waals surface area contributed by atoms with E-state index in [4.69, 9.17) is 23.2 Å². The summed E-state index contributed by atoms with van der Waals surface area (Å²) >= 11 is 12.6. The summed E-state index contributed by atoms with van der Waals surface area (Å²) in [6.07, 6.45) is 2.20. The number of nitrogens with zero attached hydrogens (tertiary/aromatic N) is 2. The zero-order chi connectivity index (χ0) is 13.6. The summed E-state index contributed by atoms with van der Waals surface area (Å²) in [5, 5.41) is 0.877. The molecule has 0 N–H and O–H groups in total. The molecule has 1 aromatic carbocycles. The number of rotatable bonds is 2. The maximum atomic E-state index is 6.32. The molecule has 2 aromatic rings. The minimum atomic E-state index is 0.0679. The Labute approximate surface area is 122 Å². The molecule has 1 aromatic heterocycles. The molecule has 1 saturated carbocycles.